The molecule has 0 unspecified atom stereocenters. The van der Waals surface area contributed by atoms with E-state index in [9.17, 15) is 4.79 Å². The second-order valence-electron chi connectivity index (χ2n) is 5.88. The van der Waals surface area contributed by atoms with E-state index in [2.05, 4.69) is 15.4 Å². The van der Waals surface area contributed by atoms with Crippen molar-refractivity contribution in [2.45, 2.75) is 19.4 Å². The van der Waals surface area contributed by atoms with Gasteiger partial charge in [0.15, 0.2) is 0 Å². The Balaban J connectivity index is 1.60. The monoisotopic (exact) mass is 309 g/mol. The van der Waals surface area contributed by atoms with Crippen molar-refractivity contribution in [2.24, 2.45) is 5.92 Å². The van der Waals surface area contributed by atoms with E-state index < -0.39 is 0 Å². The summed E-state index contributed by atoms with van der Waals surface area (Å²) in [6.45, 7) is 7.26. The van der Waals surface area contributed by atoms with Crippen molar-refractivity contribution in [3.63, 3.8) is 0 Å². The molecule has 2 aliphatic rings. The second kappa shape index (κ2) is 7.21. The predicted molar refractivity (Wildman–Crippen MR) is 78.7 cm³/mol. The fourth-order valence-corrected chi connectivity index (χ4v) is 3.11. The number of morpholine rings is 1. The van der Waals surface area contributed by atoms with Gasteiger partial charge in [-0.15, -0.1) is 0 Å². The molecule has 0 bridgehead atoms. The third kappa shape index (κ3) is 3.66. The van der Waals surface area contributed by atoms with E-state index in [0.29, 0.717) is 18.2 Å². The average Bonchev–Trinajstić information content (AvgIpc) is 3.20. The van der Waals surface area contributed by atoms with E-state index in [-0.39, 0.29) is 17.7 Å². The van der Waals surface area contributed by atoms with E-state index in [1.165, 1.54) is 0 Å². The van der Waals surface area contributed by atoms with Crippen LogP contribution in [0.1, 0.15) is 22.7 Å². The van der Waals surface area contributed by atoms with E-state index in [1.54, 1.807) is 13.0 Å². The highest BCUT2D eigenvalue weighted by molar-refractivity contribution is 5.91. The molecule has 7 heteroatoms. The van der Waals surface area contributed by atoms with Crippen LogP contribution in [0.15, 0.2) is 10.6 Å². The first-order valence-corrected chi connectivity index (χ1v) is 7.85. The normalized spacial score (nSPS) is 24.3. The zero-order valence-electron chi connectivity index (χ0n) is 12.9. The Bertz CT molecular complexity index is 493. The van der Waals surface area contributed by atoms with Crippen molar-refractivity contribution >= 4 is 5.91 Å². The summed E-state index contributed by atoms with van der Waals surface area (Å²) < 4.78 is 16.0. The number of hydrogen-bond acceptors (Lipinski definition) is 6. The number of carbonyl (C=O) groups is 1. The molecule has 0 saturated carbocycles. The van der Waals surface area contributed by atoms with Crippen molar-refractivity contribution in [2.75, 3.05) is 46.1 Å². The molecule has 0 radical (unpaired) electrons. The maximum absolute atomic E-state index is 12.1. The molecule has 2 aliphatic heterocycles. The van der Waals surface area contributed by atoms with Crippen molar-refractivity contribution < 1.29 is 18.8 Å². The number of hydrogen-bond donors (Lipinski definition) is 1. The van der Waals surface area contributed by atoms with Gasteiger partial charge in [0.05, 0.1) is 25.5 Å². The van der Waals surface area contributed by atoms with Crippen LogP contribution in [0.5, 0.6) is 0 Å². The summed E-state index contributed by atoms with van der Waals surface area (Å²) in [5.74, 6) is 0.508. The molecule has 122 valence electrons. The predicted octanol–water partition coefficient (Wildman–Crippen LogP) is 0.450. The minimum absolute atomic E-state index is 0.210. The average molecular weight is 309 g/mol. The standard InChI is InChI=1S/C15H23N3O4/c1-11-8-14(22-17-11)15(19)16-9-13(12-2-5-21-10-12)18-3-6-20-7-4-18/h8,12-13H,2-7,9-10H2,1H3,(H,16,19)/t12-,13-/m0/s1. The van der Waals surface area contributed by atoms with Gasteiger partial charge in [0.1, 0.15) is 0 Å². The SMILES string of the molecule is Cc1cc(C(=O)NC[C@@H]([C@H]2CCOC2)N2CCOCC2)on1. The molecule has 2 saturated heterocycles. The van der Waals surface area contributed by atoms with Gasteiger partial charge in [-0.3, -0.25) is 9.69 Å². The van der Waals surface area contributed by atoms with Gasteiger partial charge < -0.3 is 19.3 Å². The van der Waals surface area contributed by atoms with Crippen LogP contribution >= 0.6 is 0 Å². The van der Waals surface area contributed by atoms with Gasteiger partial charge in [-0.2, -0.15) is 0 Å². The Kier molecular flexibility index (Phi) is 5.07. The molecule has 1 N–H and O–H groups in total. The van der Waals surface area contributed by atoms with E-state index >= 15 is 0 Å². The first kappa shape index (κ1) is 15.5. The number of nitrogens with zero attached hydrogens (tertiary/aromatic N) is 2. The molecule has 1 amide bonds. The highest BCUT2D eigenvalue weighted by Gasteiger charge is 2.32. The molecule has 2 fully saturated rings. The Morgan fingerprint density at radius 3 is 2.86 bits per heavy atom. The van der Waals surface area contributed by atoms with Crippen LogP contribution in [0.25, 0.3) is 0 Å². The summed E-state index contributed by atoms with van der Waals surface area (Å²) in [7, 11) is 0. The molecule has 22 heavy (non-hydrogen) atoms. The number of nitrogens with one attached hydrogen (secondary N) is 1. The molecule has 0 aliphatic carbocycles. The lowest BCUT2D eigenvalue weighted by molar-refractivity contribution is 0.00158. The van der Waals surface area contributed by atoms with Crippen LogP contribution in [0, 0.1) is 12.8 Å². The smallest absolute Gasteiger partial charge is 0.289 e. The number of rotatable bonds is 5. The van der Waals surface area contributed by atoms with Gasteiger partial charge in [0.2, 0.25) is 5.76 Å². The Morgan fingerprint density at radius 2 is 2.23 bits per heavy atom. The van der Waals surface area contributed by atoms with Gasteiger partial charge in [-0.05, 0) is 13.3 Å². The Labute approximate surface area is 129 Å². The molecule has 3 rings (SSSR count). The highest BCUT2D eigenvalue weighted by Crippen LogP contribution is 2.22. The summed E-state index contributed by atoms with van der Waals surface area (Å²) in [4.78, 5) is 14.5. The summed E-state index contributed by atoms with van der Waals surface area (Å²) >= 11 is 0. The third-order valence-electron chi connectivity index (χ3n) is 4.35. The summed E-state index contributed by atoms with van der Waals surface area (Å²) in [6.07, 6.45) is 1.04. The van der Waals surface area contributed by atoms with Crippen molar-refractivity contribution in [3.05, 3.63) is 17.5 Å². The summed E-state index contributed by atoms with van der Waals surface area (Å²) in [5.41, 5.74) is 0.707. The van der Waals surface area contributed by atoms with Crippen LogP contribution in [0.3, 0.4) is 0 Å². The second-order valence-corrected chi connectivity index (χ2v) is 5.88. The summed E-state index contributed by atoms with van der Waals surface area (Å²) in [6, 6.07) is 1.93. The number of carbonyl (C=O) groups excluding carboxylic acids is 1. The molecule has 1 aromatic rings. The van der Waals surface area contributed by atoms with E-state index in [1.807, 2.05) is 0 Å². The third-order valence-corrected chi connectivity index (χ3v) is 4.35. The lowest BCUT2D eigenvalue weighted by Crippen LogP contribution is -2.52. The van der Waals surface area contributed by atoms with E-state index in [0.717, 1.165) is 45.9 Å². The van der Waals surface area contributed by atoms with Crippen LogP contribution < -0.4 is 5.32 Å². The molecular weight excluding hydrogens is 286 g/mol. The fraction of sp³-hybridized carbons (Fsp3) is 0.733. The van der Waals surface area contributed by atoms with E-state index in [4.69, 9.17) is 14.0 Å². The summed E-state index contributed by atoms with van der Waals surface area (Å²) in [5, 5.41) is 6.73. The maximum atomic E-state index is 12.1. The van der Waals surface area contributed by atoms with Crippen molar-refractivity contribution in [3.8, 4) is 0 Å². The molecule has 0 spiro atoms. The van der Waals surface area contributed by atoms with Crippen LogP contribution in [-0.2, 0) is 9.47 Å². The van der Waals surface area contributed by atoms with Crippen molar-refractivity contribution in [1.29, 1.82) is 0 Å². The minimum Gasteiger partial charge on any atom is -0.381 e. The van der Waals surface area contributed by atoms with Gasteiger partial charge in [0.25, 0.3) is 5.91 Å². The highest BCUT2D eigenvalue weighted by atomic mass is 16.5. The molecule has 3 heterocycles. The zero-order chi connectivity index (χ0) is 15.4. The number of aryl methyl sites for hydroxylation is 1. The molecule has 1 aromatic heterocycles. The Morgan fingerprint density at radius 1 is 1.41 bits per heavy atom. The lowest BCUT2D eigenvalue weighted by atomic mass is 9.97. The molecule has 7 nitrogen and oxygen atoms in total. The van der Waals surface area contributed by atoms with Gasteiger partial charge in [0, 0.05) is 44.3 Å². The fourth-order valence-electron chi connectivity index (χ4n) is 3.11. The first-order valence-electron chi connectivity index (χ1n) is 7.85. The van der Waals surface area contributed by atoms with Gasteiger partial charge >= 0.3 is 0 Å². The largest absolute Gasteiger partial charge is 0.381 e. The lowest BCUT2D eigenvalue weighted by Gasteiger charge is -2.37. The number of ether oxygens (including phenoxy) is 2. The van der Waals surface area contributed by atoms with Gasteiger partial charge in [-0.1, -0.05) is 5.16 Å². The number of amides is 1. The van der Waals surface area contributed by atoms with Crippen molar-refractivity contribution in [1.82, 2.24) is 15.4 Å². The molecule has 0 aromatic carbocycles. The maximum Gasteiger partial charge on any atom is 0.289 e. The topological polar surface area (TPSA) is 76.8 Å². The van der Waals surface area contributed by atoms with Crippen LogP contribution in [0.2, 0.25) is 0 Å². The van der Waals surface area contributed by atoms with Crippen LogP contribution in [-0.4, -0.2) is 68.1 Å². The van der Waals surface area contributed by atoms with Gasteiger partial charge in [-0.25, -0.2) is 0 Å². The number of aromatic nitrogens is 1. The minimum atomic E-state index is -0.210. The Hall–Kier alpha value is -1.44. The molecule has 2 atom stereocenters. The molecular formula is C15H23N3O4. The first-order chi connectivity index (χ1) is 10.7. The zero-order valence-corrected chi connectivity index (χ0v) is 12.9. The quantitative estimate of drug-likeness (QED) is 0.851. The van der Waals surface area contributed by atoms with Crippen LogP contribution in [0.4, 0.5) is 0 Å².